The van der Waals surface area contributed by atoms with E-state index in [-0.39, 0.29) is 46.0 Å². The van der Waals surface area contributed by atoms with Gasteiger partial charge in [0.2, 0.25) is 27.2 Å². The molecule has 0 radical (unpaired) electrons. The number of hydrogen-bond acceptors (Lipinski definition) is 16. The lowest BCUT2D eigenvalue weighted by atomic mass is 10.2. The Balaban J connectivity index is 1.71. The van der Waals surface area contributed by atoms with E-state index in [2.05, 4.69) is 19.9 Å². The summed E-state index contributed by atoms with van der Waals surface area (Å²) in [6.07, 6.45) is -4.97. The van der Waals surface area contributed by atoms with Crippen LogP contribution in [0.3, 0.4) is 0 Å². The summed E-state index contributed by atoms with van der Waals surface area (Å²) in [4.78, 5) is 16.9. The van der Waals surface area contributed by atoms with E-state index in [4.69, 9.17) is 14.6 Å². The third-order valence-electron chi connectivity index (χ3n) is 8.61. The number of aliphatic hydroxyl groups excluding tert-OH is 4. The molecule has 5 atom stereocenters. The van der Waals surface area contributed by atoms with Gasteiger partial charge in [-0.2, -0.15) is 22.7 Å². The highest BCUT2D eigenvalue weighted by atomic mass is 32.2. The van der Waals surface area contributed by atoms with E-state index in [1.165, 1.54) is 38.1 Å². The molecule has 59 heavy (non-hydrogen) atoms. The summed E-state index contributed by atoms with van der Waals surface area (Å²) in [6.45, 7) is 1.01. The number of rotatable bonds is 20. The standard InChI is InChI=1S/C34H39F4N7O10S4/c1-18(25(48)14-46)54-28-12-24(40-33(42-28)56-16-20-6-3-8-22(35)30(20)37)32(58(39,50)51)45(59(52,53)44-10-5-11-44)27-13-29(55-19(2)26(49)15-47)43-34(41-27)57-17-21-7-4-9-23(36)31(21)38/h3-4,6-9,12-13,18-19,25-26,32,46-49H,5,10-11,14-17H2,1-2H3,(H2,39,50,51)/t18-,19-,25-,26-,32?/m1/s1. The van der Waals surface area contributed by atoms with Gasteiger partial charge in [0, 0.05) is 47.9 Å². The van der Waals surface area contributed by atoms with Crippen molar-refractivity contribution < 1.29 is 64.3 Å². The van der Waals surface area contributed by atoms with Gasteiger partial charge >= 0.3 is 10.2 Å². The highest BCUT2D eigenvalue weighted by Gasteiger charge is 2.46. The minimum Gasteiger partial charge on any atom is -0.472 e. The number of sulfonamides is 1. The monoisotopic (exact) mass is 909 g/mol. The molecule has 1 fully saturated rings. The molecule has 0 saturated carbocycles. The van der Waals surface area contributed by atoms with Gasteiger partial charge in [0.25, 0.3) is 0 Å². The molecule has 6 N–H and O–H groups in total. The molecule has 2 aromatic heterocycles. The molecule has 1 saturated heterocycles. The van der Waals surface area contributed by atoms with Crippen LogP contribution in [0.2, 0.25) is 0 Å². The lowest BCUT2D eigenvalue weighted by Crippen LogP contribution is -2.53. The summed E-state index contributed by atoms with van der Waals surface area (Å²) in [6, 6.07) is 8.65. The molecule has 322 valence electrons. The van der Waals surface area contributed by atoms with Crippen LogP contribution in [0.15, 0.2) is 58.8 Å². The Morgan fingerprint density at radius 1 is 0.780 bits per heavy atom. The molecule has 5 rings (SSSR count). The second-order valence-corrected chi connectivity index (χ2v) is 18.2. The predicted octanol–water partition coefficient (Wildman–Crippen LogP) is 2.39. The van der Waals surface area contributed by atoms with E-state index in [9.17, 15) is 54.8 Å². The average Bonchev–Trinajstić information content (AvgIpc) is 3.15. The number of halogens is 4. The molecule has 1 aliphatic heterocycles. The minimum absolute atomic E-state index is 0.0696. The van der Waals surface area contributed by atoms with E-state index in [1.807, 2.05) is 0 Å². The van der Waals surface area contributed by atoms with Gasteiger partial charge in [0.05, 0.1) is 18.9 Å². The third-order valence-corrected chi connectivity index (χ3v) is 13.5. The van der Waals surface area contributed by atoms with Gasteiger partial charge in [0.1, 0.15) is 24.4 Å². The molecule has 2 aromatic carbocycles. The topological polar surface area (TPSA) is 252 Å². The maximum absolute atomic E-state index is 14.6. The van der Waals surface area contributed by atoms with Gasteiger partial charge in [-0.05, 0) is 32.4 Å². The van der Waals surface area contributed by atoms with Crippen molar-refractivity contribution >= 4 is 49.6 Å². The zero-order valence-electron chi connectivity index (χ0n) is 31.1. The van der Waals surface area contributed by atoms with Crippen LogP contribution in [0.5, 0.6) is 11.8 Å². The summed E-state index contributed by atoms with van der Waals surface area (Å²) in [5, 5.41) is 42.1. The largest absolute Gasteiger partial charge is 0.472 e. The first-order chi connectivity index (χ1) is 27.8. The van der Waals surface area contributed by atoms with E-state index in [1.54, 1.807) is 0 Å². The molecule has 0 amide bonds. The Labute approximate surface area is 344 Å². The van der Waals surface area contributed by atoms with Crippen molar-refractivity contribution in [3.05, 3.63) is 88.6 Å². The zero-order chi connectivity index (χ0) is 43.2. The van der Waals surface area contributed by atoms with Gasteiger partial charge in [-0.1, -0.05) is 47.8 Å². The highest BCUT2D eigenvalue weighted by Crippen LogP contribution is 2.39. The first-order valence-electron chi connectivity index (χ1n) is 17.5. The quantitative estimate of drug-likeness (QED) is 0.0485. The Hall–Kier alpha value is -3.92. The Morgan fingerprint density at radius 3 is 1.69 bits per heavy atom. The van der Waals surface area contributed by atoms with Gasteiger partial charge in [-0.3, -0.25) is 0 Å². The molecule has 17 nitrogen and oxygen atoms in total. The SMILES string of the molecule is C[C@@H](Oc1cc(C(N(c2cc(O[C@H](C)[C@H](O)CO)nc(SCc3cccc(F)c3F)n2)S(=O)(=O)N2CCC2)S(N)(=O)=O)nc(SCc2cccc(F)c2F)n1)[C@H](O)CO. The second-order valence-electron chi connectivity index (χ2n) is 12.9. The number of benzene rings is 2. The smallest absolute Gasteiger partial charge is 0.306 e. The number of hydrogen-bond donors (Lipinski definition) is 5. The third kappa shape index (κ3) is 11.3. The van der Waals surface area contributed by atoms with E-state index in [0.717, 1.165) is 28.6 Å². The lowest BCUT2D eigenvalue weighted by molar-refractivity contribution is 0.00589. The second kappa shape index (κ2) is 19.6. The normalized spacial score (nSPS) is 16.1. The van der Waals surface area contributed by atoms with Crippen molar-refractivity contribution in [1.29, 1.82) is 0 Å². The number of ether oxygens (including phenoxy) is 2. The zero-order valence-corrected chi connectivity index (χ0v) is 34.4. The fraction of sp³-hybridized carbons (Fsp3) is 0.412. The molecular formula is C34H39F4N7O10S4. The molecule has 25 heteroatoms. The summed E-state index contributed by atoms with van der Waals surface area (Å²) < 4.78 is 127. The van der Waals surface area contributed by atoms with Crippen LogP contribution in [0.25, 0.3) is 0 Å². The molecule has 1 unspecified atom stereocenters. The van der Waals surface area contributed by atoms with Gasteiger partial charge in [0.15, 0.2) is 39.4 Å². The molecule has 0 bridgehead atoms. The van der Waals surface area contributed by atoms with Crippen LogP contribution in [0.1, 0.15) is 42.5 Å². The minimum atomic E-state index is -5.17. The summed E-state index contributed by atoms with van der Waals surface area (Å²) >= 11 is 1.34. The van der Waals surface area contributed by atoms with Crippen molar-refractivity contribution in [3.63, 3.8) is 0 Å². The lowest BCUT2D eigenvalue weighted by Gasteiger charge is -2.38. The number of anilines is 1. The average molecular weight is 910 g/mol. The first kappa shape index (κ1) is 46.2. The van der Waals surface area contributed by atoms with Crippen molar-refractivity contribution in [3.8, 4) is 11.8 Å². The van der Waals surface area contributed by atoms with Crippen LogP contribution >= 0.6 is 23.5 Å². The van der Waals surface area contributed by atoms with Crippen molar-refractivity contribution in [2.24, 2.45) is 5.14 Å². The fourth-order valence-corrected chi connectivity index (χ4v) is 9.98. The molecule has 1 aliphatic rings. The van der Waals surface area contributed by atoms with E-state index < -0.39 is 110 Å². The summed E-state index contributed by atoms with van der Waals surface area (Å²) in [5.41, 5.74) is -0.936. The molecule has 4 aromatic rings. The van der Waals surface area contributed by atoms with Crippen molar-refractivity contribution in [1.82, 2.24) is 24.2 Å². The van der Waals surface area contributed by atoms with Crippen LogP contribution < -0.4 is 18.9 Å². The Kier molecular flexibility index (Phi) is 15.4. The summed E-state index contributed by atoms with van der Waals surface area (Å²) in [7, 11) is -10.1. The molecule has 3 heterocycles. The molecule has 0 aliphatic carbocycles. The van der Waals surface area contributed by atoms with Gasteiger partial charge < -0.3 is 29.9 Å². The van der Waals surface area contributed by atoms with Crippen molar-refractivity contribution in [2.45, 2.75) is 71.9 Å². The number of nitrogens with zero attached hydrogens (tertiary/aromatic N) is 6. The highest BCUT2D eigenvalue weighted by molar-refractivity contribution is 7.98. The molecular weight excluding hydrogens is 871 g/mol. The predicted molar refractivity (Wildman–Crippen MR) is 206 cm³/mol. The first-order valence-corrected chi connectivity index (χ1v) is 22.4. The van der Waals surface area contributed by atoms with Gasteiger partial charge in [-0.15, -0.1) is 0 Å². The maximum Gasteiger partial charge on any atom is 0.306 e. The number of aliphatic hydroxyl groups is 4. The van der Waals surface area contributed by atoms with Crippen molar-refractivity contribution in [2.75, 3.05) is 30.6 Å². The number of nitrogens with two attached hydrogens (primary N) is 1. The van der Waals surface area contributed by atoms with Gasteiger partial charge in [-0.25, -0.2) is 45.4 Å². The number of thioether (sulfide) groups is 2. The maximum atomic E-state index is 14.6. The van der Waals surface area contributed by atoms with E-state index in [0.29, 0.717) is 34.2 Å². The number of primary sulfonamides is 1. The fourth-order valence-electron chi connectivity index (χ4n) is 5.17. The van der Waals surface area contributed by atoms with Crippen LogP contribution in [-0.2, 0) is 31.7 Å². The molecule has 0 spiro atoms. The Bertz CT molecular complexity index is 2340. The van der Waals surface area contributed by atoms with Crippen LogP contribution in [0, 0.1) is 23.3 Å². The Morgan fingerprint density at radius 2 is 1.25 bits per heavy atom. The summed E-state index contributed by atoms with van der Waals surface area (Å²) in [5.74, 6) is -6.93. The van der Waals surface area contributed by atoms with Crippen LogP contribution in [-0.4, -0.2) is 112 Å². The van der Waals surface area contributed by atoms with E-state index >= 15 is 0 Å². The number of aromatic nitrogens is 4. The van der Waals surface area contributed by atoms with Crippen LogP contribution in [0.4, 0.5) is 23.4 Å².